The maximum Gasteiger partial charge on any atom is 0.326 e. The number of amides is 10. The Bertz CT molecular complexity index is 1970. The van der Waals surface area contributed by atoms with Gasteiger partial charge >= 0.3 is 5.97 Å². The van der Waals surface area contributed by atoms with Gasteiger partial charge in [0, 0.05) is 6.42 Å². The zero-order valence-corrected chi connectivity index (χ0v) is 40.6. The number of aliphatic hydroxyl groups excluding tert-OH is 1. The molecule has 386 valence electrons. The molecule has 1 aromatic rings. The minimum atomic E-state index is -1.69. The number of benzene rings is 1. The van der Waals surface area contributed by atoms with Crippen LogP contribution in [0, 0.1) is 11.8 Å². The van der Waals surface area contributed by atoms with Crippen LogP contribution in [0.5, 0.6) is 5.75 Å². The second-order valence-electron chi connectivity index (χ2n) is 17.2. The molecule has 9 atom stereocenters. The van der Waals surface area contributed by atoms with Crippen LogP contribution in [0.2, 0.25) is 0 Å². The lowest BCUT2D eigenvalue weighted by atomic mass is 10.0. The van der Waals surface area contributed by atoms with Gasteiger partial charge in [0.2, 0.25) is 59.1 Å². The molecule has 0 unspecified atom stereocenters. The van der Waals surface area contributed by atoms with Crippen LogP contribution in [-0.4, -0.2) is 153 Å². The first kappa shape index (κ1) is 60.5. The Hall–Kier alpha value is -6.54. The lowest BCUT2D eigenvalue weighted by molar-refractivity contribution is -0.143. The fourth-order valence-corrected chi connectivity index (χ4v) is 6.86. The molecular weight excluding hydrogens is 927 g/mol. The van der Waals surface area contributed by atoms with E-state index < -0.39 is 139 Å². The summed E-state index contributed by atoms with van der Waals surface area (Å²) in [4.78, 5) is 142. The van der Waals surface area contributed by atoms with Crippen molar-refractivity contribution < 1.29 is 68.1 Å². The SMILES string of the molecule is CSCC[C@H](NC(=O)[C@H](Cc1ccc(O)cc1)NC(=O)[C@@H](N)CC(N)=O)C(=O)N[C@@H](CC(N)=O)C(=O)N[C@@H](CC(C)C)C(=O)NCC(=O)N[C@@H](C)C(=O)N[C@H](C(=O)N[C@@H](CC(C)C)C(=O)O)[C@@H](C)O. The molecule has 0 aromatic heterocycles. The van der Waals surface area contributed by atoms with Crippen LogP contribution >= 0.6 is 11.8 Å². The molecule has 0 fully saturated rings. The first-order valence-corrected chi connectivity index (χ1v) is 23.4. The van der Waals surface area contributed by atoms with Gasteiger partial charge in [0.05, 0.1) is 31.5 Å². The minimum absolute atomic E-state index is 0.0123. The number of carboxylic acids is 1. The summed E-state index contributed by atoms with van der Waals surface area (Å²) < 4.78 is 0. The summed E-state index contributed by atoms with van der Waals surface area (Å²) in [5, 5.41) is 48.5. The van der Waals surface area contributed by atoms with Crippen LogP contribution in [-0.2, 0) is 59.2 Å². The number of rotatable bonds is 31. The van der Waals surface area contributed by atoms with Crippen molar-refractivity contribution in [2.45, 2.75) is 135 Å². The number of nitrogens with one attached hydrogen (secondary N) is 8. The molecule has 0 aliphatic heterocycles. The molecule has 26 heteroatoms. The van der Waals surface area contributed by atoms with Gasteiger partial charge in [0.1, 0.15) is 48.0 Å². The van der Waals surface area contributed by atoms with Crippen LogP contribution in [0.3, 0.4) is 0 Å². The third-order valence-corrected chi connectivity index (χ3v) is 10.6. The van der Waals surface area contributed by atoms with E-state index in [9.17, 15) is 68.1 Å². The Labute approximate surface area is 404 Å². The molecule has 0 bridgehead atoms. The van der Waals surface area contributed by atoms with Gasteiger partial charge in [-0.15, -0.1) is 0 Å². The van der Waals surface area contributed by atoms with Crippen LogP contribution in [0.25, 0.3) is 0 Å². The van der Waals surface area contributed by atoms with Crippen LogP contribution in [0.15, 0.2) is 24.3 Å². The molecule has 10 amide bonds. The lowest BCUT2D eigenvalue weighted by Crippen LogP contribution is -2.60. The van der Waals surface area contributed by atoms with Crippen molar-refractivity contribution in [3.05, 3.63) is 29.8 Å². The first-order chi connectivity index (χ1) is 32.1. The van der Waals surface area contributed by atoms with E-state index in [2.05, 4.69) is 42.5 Å². The molecule has 1 aromatic carbocycles. The average Bonchev–Trinajstić information content (AvgIpc) is 3.24. The number of aromatic hydroxyl groups is 1. The van der Waals surface area contributed by atoms with E-state index in [-0.39, 0.29) is 43.3 Å². The van der Waals surface area contributed by atoms with E-state index in [1.807, 2.05) is 0 Å². The maximum absolute atomic E-state index is 13.8. The third kappa shape index (κ3) is 23.4. The summed E-state index contributed by atoms with van der Waals surface area (Å²) in [6, 6.07) is -5.79. The van der Waals surface area contributed by atoms with Gasteiger partial charge in [-0.2, -0.15) is 11.8 Å². The van der Waals surface area contributed by atoms with E-state index in [4.69, 9.17) is 17.2 Å². The summed E-state index contributed by atoms with van der Waals surface area (Å²) in [5.41, 5.74) is 16.9. The molecule has 0 heterocycles. The highest BCUT2D eigenvalue weighted by Gasteiger charge is 2.35. The standard InChI is InChI=1S/C43H69N11O14S/c1-20(2)14-28(38(62)47-19-34(59)48-22(5)36(60)54-35(23(6)55)42(66)53-31(43(67)68)15-21(3)4)51-41(65)30(18-33(46)58)52-39(63)27(12-13-69-7)49-40(64)29(16-24-8-10-25(56)11-9-24)50-37(61)26(44)17-32(45)57/h8-11,20-23,26-31,35,55-56H,12-19,44H2,1-7H3,(H2,45,57)(H2,46,58)(H,47,62)(H,48,59)(H,49,64)(H,50,61)(H,51,65)(H,52,63)(H,53,66)(H,54,60)(H,67,68)/t22-,23+,26-,27-,28-,29-,30-,31-,35-/m0/s1. The fraction of sp³-hybridized carbons (Fsp3) is 0.605. The van der Waals surface area contributed by atoms with Crippen molar-refractivity contribution >= 4 is 76.8 Å². The second-order valence-corrected chi connectivity index (χ2v) is 18.2. The summed E-state index contributed by atoms with van der Waals surface area (Å²) in [5.74, 6) is -10.8. The minimum Gasteiger partial charge on any atom is -0.508 e. The molecule has 1 rings (SSSR count). The highest BCUT2D eigenvalue weighted by Crippen LogP contribution is 2.13. The van der Waals surface area contributed by atoms with Crippen LogP contribution in [0.4, 0.5) is 0 Å². The molecular formula is C43H69N11O14S. The Morgan fingerprint density at radius 3 is 1.61 bits per heavy atom. The number of phenols is 1. The zero-order valence-electron chi connectivity index (χ0n) is 39.8. The number of carbonyl (C=O) groups excluding carboxylic acids is 10. The third-order valence-electron chi connectivity index (χ3n) is 9.97. The van der Waals surface area contributed by atoms with Crippen LogP contribution in [0.1, 0.15) is 79.2 Å². The van der Waals surface area contributed by atoms with E-state index >= 15 is 0 Å². The van der Waals surface area contributed by atoms with Crippen molar-refractivity contribution in [1.29, 1.82) is 0 Å². The molecule has 0 saturated heterocycles. The van der Waals surface area contributed by atoms with E-state index in [0.29, 0.717) is 11.3 Å². The number of hydrogen-bond acceptors (Lipinski definition) is 15. The van der Waals surface area contributed by atoms with Crippen LogP contribution < -0.4 is 59.7 Å². The predicted molar refractivity (Wildman–Crippen MR) is 251 cm³/mol. The number of nitrogens with two attached hydrogens (primary N) is 3. The van der Waals surface area contributed by atoms with E-state index in [1.54, 1.807) is 34.0 Å². The lowest BCUT2D eigenvalue weighted by Gasteiger charge is -2.27. The number of thioether (sulfide) groups is 1. The quantitative estimate of drug-likeness (QED) is 0.0336. The number of hydrogen-bond donors (Lipinski definition) is 14. The van der Waals surface area contributed by atoms with Crippen molar-refractivity contribution in [2.24, 2.45) is 29.0 Å². The molecule has 0 spiro atoms. The normalized spacial score (nSPS) is 15.0. The summed E-state index contributed by atoms with van der Waals surface area (Å²) in [7, 11) is 0. The zero-order chi connectivity index (χ0) is 52.7. The topological polar surface area (TPSA) is 423 Å². The summed E-state index contributed by atoms with van der Waals surface area (Å²) >= 11 is 1.31. The van der Waals surface area contributed by atoms with Gasteiger partial charge in [-0.25, -0.2) is 4.79 Å². The molecule has 25 nitrogen and oxygen atoms in total. The molecule has 0 aliphatic carbocycles. The van der Waals surface area contributed by atoms with Gasteiger partial charge in [-0.3, -0.25) is 47.9 Å². The van der Waals surface area contributed by atoms with Crippen molar-refractivity contribution in [2.75, 3.05) is 18.6 Å². The summed E-state index contributed by atoms with van der Waals surface area (Å²) in [6.45, 7) is 8.64. The molecule has 0 radical (unpaired) electrons. The van der Waals surface area contributed by atoms with Crippen molar-refractivity contribution in [1.82, 2.24) is 42.5 Å². The average molecular weight is 996 g/mol. The predicted octanol–water partition coefficient (Wildman–Crippen LogP) is -4.15. The number of carbonyl (C=O) groups is 11. The van der Waals surface area contributed by atoms with Gasteiger partial charge in [-0.1, -0.05) is 39.8 Å². The number of carboxylic acid groups (broad SMARTS) is 1. The molecule has 0 saturated carbocycles. The smallest absolute Gasteiger partial charge is 0.326 e. The first-order valence-electron chi connectivity index (χ1n) is 22.0. The van der Waals surface area contributed by atoms with E-state index in [1.165, 1.54) is 49.9 Å². The van der Waals surface area contributed by atoms with Gasteiger partial charge in [0.25, 0.3) is 0 Å². The Balaban J connectivity index is 3.18. The Kier molecular flexibility index (Phi) is 26.3. The number of primary amides is 2. The van der Waals surface area contributed by atoms with Crippen molar-refractivity contribution in [3.63, 3.8) is 0 Å². The Morgan fingerprint density at radius 2 is 1.09 bits per heavy atom. The highest BCUT2D eigenvalue weighted by atomic mass is 32.2. The monoisotopic (exact) mass is 995 g/mol. The summed E-state index contributed by atoms with van der Waals surface area (Å²) in [6.07, 6.45) is -1.17. The molecule has 0 aliphatic rings. The number of aliphatic carboxylic acids is 1. The van der Waals surface area contributed by atoms with Gasteiger partial charge in [0.15, 0.2) is 0 Å². The second kappa shape index (κ2) is 30.1. The number of phenolic OH excluding ortho intramolecular Hbond substituents is 1. The Morgan fingerprint density at radius 1 is 0.594 bits per heavy atom. The highest BCUT2D eigenvalue weighted by molar-refractivity contribution is 7.98. The largest absolute Gasteiger partial charge is 0.508 e. The number of aliphatic hydroxyl groups is 1. The van der Waals surface area contributed by atoms with Gasteiger partial charge in [-0.05, 0) is 74.7 Å². The molecule has 17 N–H and O–H groups in total. The van der Waals surface area contributed by atoms with E-state index in [0.717, 1.165) is 0 Å². The van der Waals surface area contributed by atoms with Gasteiger partial charge < -0.3 is 75.1 Å². The van der Waals surface area contributed by atoms with Crippen molar-refractivity contribution in [3.8, 4) is 5.75 Å². The maximum atomic E-state index is 13.8. The molecule has 69 heavy (non-hydrogen) atoms. The fourth-order valence-electron chi connectivity index (χ4n) is 6.39.